The van der Waals surface area contributed by atoms with Gasteiger partial charge in [0.2, 0.25) is 11.1 Å². The number of benzene rings is 3. The third-order valence-electron chi connectivity index (χ3n) is 5.21. The van der Waals surface area contributed by atoms with E-state index in [1.807, 2.05) is 92.7 Å². The Morgan fingerprint density at radius 1 is 0.778 bits per heavy atom. The summed E-state index contributed by atoms with van der Waals surface area (Å²) in [6.45, 7) is 5.58. The lowest BCUT2D eigenvalue weighted by Gasteiger charge is -2.11. The van der Waals surface area contributed by atoms with Gasteiger partial charge in [0.15, 0.2) is 0 Å². The SMILES string of the molecule is CCOc1ccc(-c2nnc(SCC(=O)NCc3ccccc3)nc2-c2ccc(OCC)cc2)cc1. The first-order valence-electron chi connectivity index (χ1n) is 11.8. The highest BCUT2D eigenvalue weighted by molar-refractivity contribution is 7.99. The van der Waals surface area contributed by atoms with Gasteiger partial charge in [0.25, 0.3) is 0 Å². The molecule has 1 aromatic heterocycles. The van der Waals surface area contributed by atoms with Crippen LogP contribution in [0.1, 0.15) is 19.4 Å². The van der Waals surface area contributed by atoms with Crippen LogP contribution in [0.4, 0.5) is 0 Å². The van der Waals surface area contributed by atoms with Gasteiger partial charge in [-0.1, -0.05) is 42.1 Å². The summed E-state index contributed by atoms with van der Waals surface area (Å²) in [6, 6.07) is 25.2. The molecule has 0 atom stereocenters. The standard InChI is InChI=1S/C28H28N4O3S/c1-3-34-23-14-10-21(11-15-23)26-27(22-12-16-24(17-13-22)35-4-2)31-32-28(30-26)36-19-25(33)29-18-20-8-6-5-7-9-20/h5-17H,3-4,18-19H2,1-2H3,(H,29,33). The summed E-state index contributed by atoms with van der Waals surface area (Å²) in [4.78, 5) is 17.2. The molecule has 36 heavy (non-hydrogen) atoms. The van der Waals surface area contributed by atoms with E-state index in [4.69, 9.17) is 14.5 Å². The molecule has 0 fully saturated rings. The van der Waals surface area contributed by atoms with E-state index in [0.29, 0.717) is 36.3 Å². The van der Waals surface area contributed by atoms with Crippen molar-refractivity contribution in [2.75, 3.05) is 19.0 Å². The molecule has 0 aliphatic rings. The van der Waals surface area contributed by atoms with Gasteiger partial charge < -0.3 is 14.8 Å². The lowest BCUT2D eigenvalue weighted by Crippen LogP contribution is -2.24. The van der Waals surface area contributed by atoms with Crippen molar-refractivity contribution < 1.29 is 14.3 Å². The van der Waals surface area contributed by atoms with Gasteiger partial charge in [-0.15, -0.1) is 10.2 Å². The van der Waals surface area contributed by atoms with Crippen molar-refractivity contribution in [2.45, 2.75) is 25.5 Å². The smallest absolute Gasteiger partial charge is 0.230 e. The monoisotopic (exact) mass is 500 g/mol. The Bertz CT molecular complexity index is 1270. The third kappa shape index (κ3) is 6.82. The molecule has 1 heterocycles. The van der Waals surface area contributed by atoms with Gasteiger partial charge in [0.1, 0.15) is 22.9 Å². The number of nitrogens with one attached hydrogen (secondary N) is 1. The maximum absolute atomic E-state index is 12.4. The van der Waals surface area contributed by atoms with Crippen molar-refractivity contribution >= 4 is 17.7 Å². The van der Waals surface area contributed by atoms with Crippen molar-refractivity contribution in [2.24, 2.45) is 0 Å². The number of carbonyl (C=O) groups excluding carboxylic acids is 1. The van der Waals surface area contributed by atoms with Crippen LogP contribution in [0.5, 0.6) is 11.5 Å². The molecular weight excluding hydrogens is 472 g/mol. The van der Waals surface area contributed by atoms with E-state index in [1.165, 1.54) is 11.8 Å². The number of aromatic nitrogens is 3. The maximum atomic E-state index is 12.4. The Morgan fingerprint density at radius 3 is 1.94 bits per heavy atom. The van der Waals surface area contributed by atoms with E-state index in [-0.39, 0.29) is 11.7 Å². The lowest BCUT2D eigenvalue weighted by molar-refractivity contribution is -0.118. The number of hydrogen-bond donors (Lipinski definition) is 1. The average molecular weight is 501 g/mol. The van der Waals surface area contributed by atoms with Crippen molar-refractivity contribution in [1.29, 1.82) is 0 Å². The number of amides is 1. The summed E-state index contributed by atoms with van der Waals surface area (Å²) in [5, 5.41) is 12.2. The summed E-state index contributed by atoms with van der Waals surface area (Å²) in [5.74, 6) is 1.68. The molecule has 1 N–H and O–H groups in total. The summed E-state index contributed by atoms with van der Waals surface area (Å²) < 4.78 is 11.1. The fourth-order valence-electron chi connectivity index (χ4n) is 3.50. The molecule has 3 aromatic carbocycles. The predicted octanol–water partition coefficient (Wildman–Crippen LogP) is 5.41. The fraction of sp³-hybridized carbons (Fsp3) is 0.214. The number of hydrogen-bond acceptors (Lipinski definition) is 7. The number of ether oxygens (including phenoxy) is 2. The van der Waals surface area contributed by atoms with Crippen LogP contribution < -0.4 is 14.8 Å². The zero-order valence-electron chi connectivity index (χ0n) is 20.3. The van der Waals surface area contributed by atoms with Crippen LogP contribution in [0.15, 0.2) is 84.0 Å². The normalized spacial score (nSPS) is 10.6. The van der Waals surface area contributed by atoms with E-state index < -0.39 is 0 Å². The van der Waals surface area contributed by atoms with Crippen LogP contribution >= 0.6 is 11.8 Å². The summed E-state index contributed by atoms with van der Waals surface area (Å²) >= 11 is 1.26. The third-order valence-corrected chi connectivity index (χ3v) is 6.05. The van der Waals surface area contributed by atoms with Crippen LogP contribution in [0.2, 0.25) is 0 Å². The minimum absolute atomic E-state index is 0.0920. The molecule has 4 aromatic rings. The van der Waals surface area contributed by atoms with E-state index >= 15 is 0 Å². The van der Waals surface area contributed by atoms with Gasteiger partial charge in [-0.2, -0.15) is 0 Å². The summed E-state index contributed by atoms with van der Waals surface area (Å²) in [5.41, 5.74) is 4.14. The van der Waals surface area contributed by atoms with Gasteiger partial charge in [-0.3, -0.25) is 4.79 Å². The minimum atomic E-state index is -0.0920. The highest BCUT2D eigenvalue weighted by atomic mass is 32.2. The van der Waals surface area contributed by atoms with Gasteiger partial charge in [-0.05, 0) is 67.9 Å². The Balaban J connectivity index is 1.54. The minimum Gasteiger partial charge on any atom is -0.494 e. The van der Waals surface area contributed by atoms with Crippen molar-refractivity contribution in [3.63, 3.8) is 0 Å². The fourth-order valence-corrected chi connectivity index (χ4v) is 4.11. The molecule has 0 unspecified atom stereocenters. The van der Waals surface area contributed by atoms with Crippen LogP contribution in [-0.2, 0) is 11.3 Å². The molecule has 0 saturated heterocycles. The average Bonchev–Trinajstić information content (AvgIpc) is 2.92. The largest absolute Gasteiger partial charge is 0.494 e. The van der Waals surface area contributed by atoms with Crippen molar-refractivity contribution in [3.05, 3.63) is 84.4 Å². The van der Waals surface area contributed by atoms with Crippen LogP contribution in [-0.4, -0.2) is 40.1 Å². The highest BCUT2D eigenvalue weighted by Gasteiger charge is 2.15. The van der Waals surface area contributed by atoms with Crippen LogP contribution in [0.25, 0.3) is 22.5 Å². The Kier molecular flexibility index (Phi) is 8.88. The molecule has 1 amide bonds. The molecule has 4 rings (SSSR count). The zero-order chi connectivity index (χ0) is 25.2. The molecule has 0 radical (unpaired) electrons. The number of carbonyl (C=O) groups is 1. The van der Waals surface area contributed by atoms with Gasteiger partial charge in [-0.25, -0.2) is 4.98 Å². The topological polar surface area (TPSA) is 86.2 Å². The quantitative estimate of drug-likeness (QED) is 0.276. The molecule has 8 heteroatoms. The molecule has 184 valence electrons. The van der Waals surface area contributed by atoms with Crippen molar-refractivity contribution in [3.8, 4) is 34.0 Å². The Labute approximate surface area is 215 Å². The second-order valence-electron chi connectivity index (χ2n) is 7.76. The number of nitrogens with zero attached hydrogens (tertiary/aromatic N) is 3. The molecule has 0 bridgehead atoms. The van der Waals surface area contributed by atoms with E-state index in [0.717, 1.165) is 28.2 Å². The number of thioether (sulfide) groups is 1. The van der Waals surface area contributed by atoms with Gasteiger partial charge in [0, 0.05) is 17.7 Å². The molecule has 0 aliphatic heterocycles. The van der Waals surface area contributed by atoms with Crippen LogP contribution in [0, 0.1) is 0 Å². The predicted molar refractivity (Wildman–Crippen MR) is 142 cm³/mol. The van der Waals surface area contributed by atoms with Crippen molar-refractivity contribution in [1.82, 2.24) is 20.5 Å². The van der Waals surface area contributed by atoms with E-state index in [1.54, 1.807) is 0 Å². The van der Waals surface area contributed by atoms with Gasteiger partial charge >= 0.3 is 0 Å². The molecule has 0 aliphatic carbocycles. The molecule has 0 spiro atoms. The summed E-state index contributed by atoms with van der Waals surface area (Å²) in [6.07, 6.45) is 0. The first kappa shape index (κ1) is 25.2. The Hall–Kier alpha value is -3.91. The second-order valence-corrected chi connectivity index (χ2v) is 8.70. The maximum Gasteiger partial charge on any atom is 0.230 e. The van der Waals surface area contributed by atoms with E-state index in [2.05, 4.69) is 15.5 Å². The summed E-state index contributed by atoms with van der Waals surface area (Å²) in [7, 11) is 0. The van der Waals surface area contributed by atoms with E-state index in [9.17, 15) is 4.79 Å². The van der Waals surface area contributed by atoms with Gasteiger partial charge in [0.05, 0.1) is 19.0 Å². The molecule has 7 nitrogen and oxygen atoms in total. The molecule has 0 saturated carbocycles. The first-order chi connectivity index (χ1) is 17.7. The molecular formula is C28H28N4O3S. The highest BCUT2D eigenvalue weighted by Crippen LogP contribution is 2.32. The zero-order valence-corrected chi connectivity index (χ0v) is 21.1. The number of rotatable bonds is 11. The second kappa shape index (κ2) is 12.7. The lowest BCUT2D eigenvalue weighted by atomic mass is 10.0. The van der Waals surface area contributed by atoms with Crippen LogP contribution in [0.3, 0.4) is 0 Å². The first-order valence-corrected chi connectivity index (χ1v) is 12.8. The Morgan fingerprint density at radius 2 is 1.36 bits per heavy atom.